The van der Waals surface area contributed by atoms with Crippen molar-refractivity contribution in [2.75, 3.05) is 0 Å². The molecule has 2 N–H and O–H groups in total. The van der Waals surface area contributed by atoms with Gasteiger partial charge in [0.05, 0.1) is 10.8 Å². The second-order valence-electron chi connectivity index (χ2n) is 8.08. The Kier molecular flexibility index (Phi) is 8.30. The van der Waals surface area contributed by atoms with E-state index in [9.17, 15) is 19.8 Å². The Morgan fingerprint density at radius 2 is 1.09 bits per heavy atom. The normalized spacial score (nSPS) is 10.8. The third-order valence-electron chi connectivity index (χ3n) is 5.33. The predicted octanol–water partition coefficient (Wildman–Crippen LogP) is 6.07. The van der Waals surface area contributed by atoms with Crippen molar-refractivity contribution in [3.8, 4) is 11.5 Å². The number of aryl methyl sites for hydroxylation is 2. The number of hydrogen-bond acceptors (Lipinski definition) is 6. The molecule has 0 unspecified atom stereocenters. The molecule has 0 atom stereocenters. The molecule has 4 rings (SSSR count). The molecule has 0 aliphatic carbocycles. The highest BCUT2D eigenvalue weighted by Gasteiger charge is 2.06. The van der Waals surface area contributed by atoms with Gasteiger partial charge in [0.15, 0.2) is 10.9 Å². The predicted molar refractivity (Wildman–Crippen MR) is 130 cm³/mol. The van der Waals surface area contributed by atoms with Crippen molar-refractivity contribution >= 4 is 21.9 Å². The first-order valence-corrected chi connectivity index (χ1v) is 11.4. The zero-order chi connectivity index (χ0) is 23.8. The van der Waals surface area contributed by atoms with Gasteiger partial charge in [-0.15, -0.1) is 0 Å². The van der Waals surface area contributed by atoms with Crippen LogP contribution in [-0.4, -0.2) is 10.2 Å². The average molecular weight is 451 g/mol. The highest BCUT2D eigenvalue weighted by molar-refractivity contribution is 5.78. The molecule has 2 aromatic carbocycles. The Hall–Kier alpha value is -3.54. The van der Waals surface area contributed by atoms with Crippen molar-refractivity contribution in [2.45, 2.75) is 58.8 Å². The van der Waals surface area contributed by atoms with Crippen LogP contribution in [0.15, 0.2) is 67.0 Å². The Morgan fingerprint density at radius 1 is 0.636 bits per heavy atom. The average Bonchev–Trinajstić information content (AvgIpc) is 2.78. The molecule has 0 saturated heterocycles. The van der Waals surface area contributed by atoms with Gasteiger partial charge >= 0.3 is 0 Å². The molecule has 0 aliphatic rings. The summed E-state index contributed by atoms with van der Waals surface area (Å²) in [5.41, 5.74) is 0.827. The van der Waals surface area contributed by atoms with Crippen LogP contribution >= 0.6 is 0 Å². The maximum atomic E-state index is 11.8. The van der Waals surface area contributed by atoms with E-state index in [-0.39, 0.29) is 22.4 Å². The lowest BCUT2D eigenvalue weighted by molar-refractivity contribution is 0.471. The lowest BCUT2D eigenvalue weighted by Crippen LogP contribution is -2.02. The highest BCUT2D eigenvalue weighted by Crippen LogP contribution is 2.20. The van der Waals surface area contributed by atoms with Gasteiger partial charge in [-0.25, -0.2) is 0 Å². The molecular formula is C27H30O6. The van der Waals surface area contributed by atoms with E-state index in [2.05, 4.69) is 13.8 Å². The van der Waals surface area contributed by atoms with Crippen molar-refractivity contribution in [1.82, 2.24) is 0 Å². The van der Waals surface area contributed by atoms with Crippen LogP contribution in [0.2, 0.25) is 0 Å². The number of fused-ring (bicyclic) bond motifs is 2. The number of phenols is 2. The summed E-state index contributed by atoms with van der Waals surface area (Å²) in [4.78, 5) is 23.5. The van der Waals surface area contributed by atoms with Crippen molar-refractivity contribution in [2.24, 2.45) is 0 Å². The summed E-state index contributed by atoms with van der Waals surface area (Å²) in [7, 11) is 0. The summed E-state index contributed by atoms with van der Waals surface area (Å²) in [5.74, 6) is 1.61. The molecule has 6 nitrogen and oxygen atoms in total. The van der Waals surface area contributed by atoms with E-state index in [1.54, 1.807) is 18.2 Å². The minimum absolute atomic E-state index is 0.0438. The summed E-state index contributed by atoms with van der Waals surface area (Å²) >= 11 is 0. The van der Waals surface area contributed by atoms with Crippen LogP contribution in [0, 0.1) is 0 Å². The number of phenolic OH excluding ortho intramolecular Hbond substituents is 2. The van der Waals surface area contributed by atoms with E-state index in [0.29, 0.717) is 33.5 Å². The lowest BCUT2D eigenvalue weighted by Gasteiger charge is -2.02. The van der Waals surface area contributed by atoms with Crippen LogP contribution < -0.4 is 10.9 Å². The highest BCUT2D eigenvalue weighted by atomic mass is 16.3. The van der Waals surface area contributed by atoms with E-state index in [0.717, 1.165) is 44.9 Å². The first-order valence-electron chi connectivity index (χ1n) is 11.4. The summed E-state index contributed by atoms with van der Waals surface area (Å²) in [6, 6.07) is 12.2. The van der Waals surface area contributed by atoms with Crippen LogP contribution in [-0.2, 0) is 12.8 Å². The molecular weight excluding hydrogens is 420 g/mol. The van der Waals surface area contributed by atoms with Crippen molar-refractivity contribution in [1.29, 1.82) is 0 Å². The van der Waals surface area contributed by atoms with Gasteiger partial charge < -0.3 is 19.0 Å². The van der Waals surface area contributed by atoms with Gasteiger partial charge in [0.2, 0.25) is 0 Å². The topological polar surface area (TPSA) is 101 Å². The zero-order valence-corrected chi connectivity index (χ0v) is 19.1. The second kappa shape index (κ2) is 11.4. The van der Waals surface area contributed by atoms with Crippen LogP contribution in [0.4, 0.5) is 0 Å². The molecule has 0 amide bonds. The lowest BCUT2D eigenvalue weighted by atomic mass is 10.1. The third-order valence-corrected chi connectivity index (χ3v) is 5.33. The SMILES string of the molecule is CCCCCc1cc(=O)c2ccc(O)cc2o1.CCCCc1cc(=O)c2ccc(O)cc2o1. The fourth-order valence-electron chi connectivity index (χ4n) is 3.53. The van der Waals surface area contributed by atoms with Gasteiger partial charge in [0, 0.05) is 37.1 Å². The molecule has 0 spiro atoms. The van der Waals surface area contributed by atoms with Crippen molar-refractivity contribution in [3.05, 3.63) is 80.5 Å². The number of aromatic hydroxyl groups is 2. The Morgan fingerprint density at radius 3 is 1.55 bits per heavy atom. The molecule has 6 heteroatoms. The van der Waals surface area contributed by atoms with Crippen LogP contribution in [0.25, 0.3) is 21.9 Å². The van der Waals surface area contributed by atoms with Gasteiger partial charge in [-0.05, 0) is 37.1 Å². The van der Waals surface area contributed by atoms with E-state index >= 15 is 0 Å². The summed E-state index contributed by atoms with van der Waals surface area (Å²) in [6.07, 6.45) is 6.87. The van der Waals surface area contributed by atoms with Gasteiger partial charge in [-0.1, -0.05) is 33.1 Å². The van der Waals surface area contributed by atoms with Gasteiger partial charge in [-0.3, -0.25) is 9.59 Å². The van der Waals surface area contributed by atoms with Crippen LogP contribution in [0.3, 0.4) is 0 Å². The number of rotatable bonds is 7. The quantitative estimate of drug-likeness (QED) is 0.331. The minimum Gasteiger partial charge on any atom is -0.508 e. The minimum atomic E-state index is -0.0487. The van der Waals surface area contributed by atoms with Gasteiger partial charge in [0.1, 0.15) is 34.2 Å². The summed E-state index contributed by atoms with van der Waals surface area (Å²) in [6.45, 7) is 4.22. The van der Waals surface area contributed by atoms with E-state index < -0.39 is 0 Å². The molecule has 0 fully saturated rings. The first-order chi connectivity index (χ1) is 15.9. The van der Waals surface area contributed by atoms with E-state index in [1.807, 2.05) is 0 Å². The maximum Gasteiger partial charge on any atom is 0.192 e. The van der Waals surface area contributed by atoms with E-state index in [1.165, 1.54) is 30.3 Å². The maximum absolute atomic E-state index is 11.8. The van der Waals surface area contributed by atoms with Crippen molar-refractivity contribution in [3.63, 3.8) is 0 Å². The fraction of sp³-hybridized carbons (Fsp3) is 0.333. The van der Waals surface area contributed by atoms with E-state index in [4.69, 9.17) is 8.83 Å². The molecule has 4 aromatic rings. The van der Waals surface area contributed by atoms with Crippen LogP contribution in [0.5, 0.6) is 11.5 Å². The van der Waals surface area contributed by atoms with Gasteiger partial charge in [-0.2, -0.15) is 0 Å². The summed E-state index contributed by atoms with van der Waals surface area (Å²) < 4.78 is 11.2. The number of benzene rings is 2. The summed E-state index contributed by atoms with van der Waals surface area (Å²) in [5, 5.41) is 19.7. The molecule has 0 aliphatic heterocycles. The molecule has 33 heavy (non-hydrogen) atoms. The number of unbranched alkanes of at least 4 members (excludes halogenated alkanes) is 3. The smallest absolute Gasteiger partial charge is 0.192 e. The molecule has 0 radical (unpaired) electrons. The molecule has 2 heterocycles. The fourth-order valence-corrected chi connectivity index (χ4v) is 3.53. The molecule has 174 valence electrons. The molecule has 0 saturated carbocycles. The Labute approximate surface area is 192 Å². The largest absolute Gasteiger partial charge is 0.508 e. The molecule has 0 bridgehead atoms. The number of hydrogen-bond donors (Lipinski definition) is 2. The standard InChI is InChI=1S/C14H16O3.C13H14O3/c1-2-3-4-5-11-9-13(16)12-7-6-10(15)8-14(12)17-11;1-2-3-4-10-8-12(15)11-6-5-9(14)7-13(11)16-10/h6-9,15H,2-5H2,1H3;5-8,14H,2-4H2,1H3. The first kappa shape index (κ1) is 24.1. The Balaban J connectivity index is 0.000000186. The van der Waals surface area contributed by atoms with Crippen LogP contribution in [0.1, 0.15) is 57.5 Å². The zero-order valence-electron chi connectivity index (χ0n) is 19.1. The second-order valence-corrected chi connectivity index (χ2v) is 8.08. The molecule has 2 aromatic heterocycles. The van der Waals surface area contributed by atoms with Crippen molar-refractivity contribution < 1.29 is 19.0 Å². The third kappa shape index (κ3) is 6.48. The monoisotopic (exact) mass is 450 g/mol. The van der Waals surface area contributed by atoms with Gasteiger partial charge in [0.25, 0.3) is 0 Å². The Bertz CT molecular complexity index is 1330.